The number of anilines is 1. The third-order valence-corrected chi connectivity index (χ3v) is 4.79. The monoisotopic (exact) mass is 367 g/mol. The number of nitrogen functional groups attached to an aromatic ring is 1. The first-order chi connectivity index (χ1) is 11.2. The van der Waals surface area contributed by atoms with Crippen LogP contribution >= 0.6 is 34.9 Å². The fourth-order valence-electron chi connectivity index (χ4n) is 1.59. The molecule has 1 aromatic carbocycles. The number of hydrogen-bond acceptors (Lipinski definition) is 11. The molecular weight excluding hydrogens is 358 g/mol. The molecule has 23 heavy (non-hydrogen) atoms. The third-order valence-electron chi connectivity index (χ3n) is 2.49. The van der Waals surface area contributed by atoms with Gasteiger partial charge in [-0.3, -0.25) is 0 Å². The molecule has 118 valence electrons. The van der Waals surface area contributed by atoms with Crippen LogP contribution in [0.4, 0.5) is 5.13 Å². The van der Waals surface area contributed by atoms with Crippen LogP contribution in [0.25, 0.3) is 10.2 Å². The van der Waals surface area contributed by atoms with E-state index in [4.69, 9.17) is 9.92 Å². The van der Waals surface area contributed by atoms with E-state index < -0.39 is 5.97 Å². The van der Waals surface area contributed by atoms with E-state index in [9.17, 15) is 4.79 Å². The minimum absolute atomic E-state index is 0.0595. The lowest BCUT2D eigenvalue weighted by atomic mass is 10.3. The summed E-state index contributed by atoms with van der Waals surface area (Å²) in [6, 6.07) is 7.64. The van der Waals surface area contributed by atoms with Crippen molar-refractivity contribution in [3.05, 3.63) is 30.1 Å². The zero-order valence-corrected chi connectivity index (χ0v) is 14.1. The summed E-state index contributed by atoms with van der Waals surface area (Å²) in [7, 11) is 1.31. The van der Waals surface area contributed by atoms with E-state index in [-0.39, 0.29) is 16.7 Å². The van der Waals surface area contributed by atoms with E-state index in [1.54, 1.807) is 0 Å². The normalized spacial score (nSPS) is 11.6. The predicted octanol–water partition coefficient (Wildman–Crippen LogP) is 2.33. The van der Waals surface area contributed by atoms with Gasteiger partial charge in [-0.2, -0.15) is 9.36 Å². The van der Waals surface area contributed by atoms with Crippen LogP contribution in [0.15, 0.2) is 33.8 Å². The lowest BCUT2D eigenvalue weighted by Gasteiger charge is -2.00. The van der Waals surface area contributed by atoms with Gasteiger partial charge >= 0.3 is 5.97 Å². The highest BCUT2D eigenvalue weighted by atomic mass is 32.2. The Morgan fingerprint density at radius 2 is 2.17 bits per heavy atom. The minimum Gasteiger partial charge on any atom is -0.398 e. The van der Waals surface area contributed by atoms with Gasteiger partial charge in [0.25, 0.3) is 0 Å². The van der Waals surface area contributed by atoms with Crippen LogP contribution < -0.4 is 5.73 Å². The molecule has 2 N–H and O–H groups in total. The topological polar surface area (TPSA) is 113 Å². The number of hydrogen-bond donors (Lipinski definition) is 1. The maximum Gasteiger partial charge on any atom is 0.376 e. The zero-order chi connectivity index (χ0) is 16.2. The Balaban J connectivity index is 1.73. The van der Waals surface area contributed by atoms with Crippen LogP contribution in [0.3, 0.4) is 0 Å². The number of nitrogens with two attached hydrogens (primary N) is 1. The van der Waals surface area contributed by atoms with Gasteiger partial charge in [-0.15, -0.1) is 11.3 Å². The fourth-order valence-corrected chi connectivity index (χ4v) is 3.59. The number of rotatable bonds is 5. The Morgan fingerprint density at radius 1 is 1.35 bits per heavy atom. The number of carbonyl (C=O) groups excluding carboxylic acids is 1. The van der Waals surface area contributed by atoms with E-state index in [0.29, 0.717) is 4.34 Å². The molecule has 8 nitrogen and oxygen atoms in total. The molecule has 3 aromatic rings. The van der Waals surface area contributed by atoms with Crippen molar-refractivity contribution in [2.24, 2.45) is 5.16 Å². The van der Waals surface area contributed by atoms with Gasteiger partial charge in [0.1, 0.15) is 19.2 Å². The molecule has 0 aliphatic heterocycles. The molecule has 0 amide bonds. The van der Waals surface area contributed by atoms with Crippen LogP contribution in [0.1, 0.15) is 5.82 Å². The van der Waals surface area contributed by atoms with Crippen LogP contribution in [-0.2, 0) is 13.8 Å². The van der Waals surface area contributed by atoms with Gasteiger partial charge < -0.3 is 14.8 Å². The number of benzene rings is 1. The van der Waals surface area contributed by atoms with Gasteiger partial charge in [-0.05, 0) is 12.1 Å². The summed E-state index contributed by atoms with van der Waals surface area (Å²) in [5.74, 6) is -0.682. The summed E-state index contributed by atoms with van der Waals surface area (Å²) in [4.78, 5) is 25.0. The average molecular weight is 367 g/mol. The molecule has 0 atom stereocenters. The molecule has 3 rings (SSSR count). The highest BCUT2D eigenvalue weighted by Crippen LogP contribution is 2.30. The zero-order valence-electron chi connectivity index (χ0n) is 11.6. The molecule has 0 spiro atoms. The number of nitrogens with zero attached hydrogens (tertiary/aromatic N) is 4. The molecule has 0 fully saturated rings. The molecule has 2 aromatic heterocycles. The Hall–Kier alpha value is -2.24. The Kier molecular flexibility index (Phi) is 4.69. The number of fused-ring (bicyclic) bond motifs is 1. The lowest BCUT2D eigenvalue weighted by molar-refractivity contribution is -0.125. The molecule has 0 aliphatic carbocycles. The number of carbonyl (C=O) groups is 1. The van der Waals surface area contributed by atoms with Crippen LogP contribution in [0, 0.1) is 0 Å². The summed E-state index contributed by atoms with van der Waals surface area (Å²) < 4.78 is 10.7. The summed E-state index contributed by atoms with van der Waals surface area (Å²) in [5.41, 5.74) is 6.19. The fraction of sp³-hybridized carbons (Fsp3) is 0.0833. The van der Waals surface area contributed by atoms with E-state index in [1.165, 1.54) is 18.4 Å². The number of aromatic nitrogens is 3. The standard InChI is InChI=1S/C12H9N5O3S3/c1-19-16-8(9-15-11(13)22-17-9)10(18)20-23-12-14-6-4-2-3-5-7(6)21-12/h2-5H,1H3,(H2,13,15,17)/b16-8-. The highest BCUT2D eigenvalue weighted by molar-refractivity contribution is 7.97. The van der Waals surface area contributed by atoms with E-state index in [2.05, 4.69) is 24.3 Å². The van der Waals surface area contributed by atoms with Gasteiger partial charge in [-0.25, -0.2) is 9.78 Å². The van der Waals surface area contributed by atoms with Crippen molar-refractivity contribution >= 4 is 61.9 Å². The van der Waals surface area contributed by atoms with Crippen molar-refractivity contribution in [2.45, 2.75) is 4.34 Å². The molecular formula is C12H9N5O3S3. The van der Waals surface area contributed by atoms with Crippen molar-refractivity contribution in [2.75, 3.05) is 12.8 Å². The molecule has 0 aliphatic rings. The van der Waals surface area contributed by atoms with E-state index in [0.717, 1.165) is 33.8 Å². The van der Waals surface area contributed by atoms with Crippen molar-refractivity contribution in [3.63, 3.8) is 0 Å². The summed E-state index contributed by atoms with van der Waals surface area (Å²) in [6.07, 6.45) is 0. The third kappa shape index (κ3) is 3.57. The maximum absolute atomic E-state index is 12.1. The number of oxime groups is 1. The lowest BCUT2D eigenvalue weighted by Crippen LogP contribution is -2.18. The SMILES string of the molecule is CO/N=C(\C(=O)OSc1nc2ccccc2s1)c1nsc(N)n1. The van der Waals surface area contributed by atoms with Gasteiger partial charge in [0.2, 0.25) is 11.5 Å². The molecule has 11 heteroatoms. The Labute approximate surface area is 142 Å². The average Bonchev–Trinajstić information content (AvgIpc) is 3.15. The van der Waals surface area contributed by atoms with Gasteiger partial charge in [0.05, 0.1) is 10.2 Å². The molecule has 0 unspecified atom stereocenters. The van der Waals surface area contributed by atoms with E-state index >= 15 is 0 Å². The Morgan fingerprint density at radius 3 is 2.87 bits per heavy atom. The Bertz CT molecular complexity index is 843. The van der Waals surface area contributed by atoms with Crippen molar-refractivity contribution < 1.29 is 13.8 Å². The second-order valence-corrected chi connectivity index (χ2v) is 6.77. The minimum atomic E-state index is -0.742. The molecule has 0 bridgehead atoms. The molecule has 2 heterocycles. The highest BCUT2D eigenvalue weighted by Gasteiger charge is 2.23. The van der Waals surface area contributed by atoms with E-state index in [1.807, 2.05) is 24.3 Å². The van der Waals surface area contributed by atoms with Gasteiger partial charge in [0.15, 0.2) is 9.47 Å². The van der Waals surface area contributed by atoms with Crippen molar-refractivity contribution in [1.82, 2.24) is 14.3 Å². The quantitative estimate of drug-likeness (QED) is 0.415. The molecule has 0 saturated carbocycles. The molecule has 0 saturated heterocycles. The molecule has 0 radical (unpaired) electrons. The second-order valence-electron chi connectivity index (χ2n) is 3.98. The second kappa shape index (κ2) is 6.89. The first kappa shape index (κ1) is 15.6. The maximum atomic E-state index is 12.1. The predicted molar refractivity (Wildman–Crippen MR) is 89.4 cm³/mol. The first-order valence-corrected chi connectivity index (χ1v) is 8.45. The first-order valence-electron chi connectivity index (χ1n) is 6.12. The van der Waals surface area contributed by atoms with Crippen LogP contribution in [0.2, 0.25) is 0 Å². The summed E-state index contributed by atoms with van der Waals surface area (Å²) in [5, 5.41) is 3.82. The smallest absolute Gasteiger partial charge is 0.376 e. The summed E-state index contributed by atoms with van der Waals surface area (Å²) >= 11 is 3.22. The van der Waals surface area contributed by atoms with Crippen molar-refractivity contribution in [1.29, 1.82) is 0 Å². The van der Waals surface area contributed by atoms with Gasteiger partial charge in [-0.1, -0.05) is 17.3 Å². The van der Waals surface area contributed by atoms with Crippen molar-refractivity contribution in [3.8, 4) is 0 Å². The number of para-hydroxylation sites is 1. The van der Waals surface area contributed by atoms with Crippen LogP contribution in [-0.4, -0.2) is 33.1 Å². The summed E-state index contributed by atoms with van der Waals surface area (Å²) in [6.45, 7) is 0. The largest absolute Gasteiger partial charge is 0.398 e. The van der Waals surface area contributed by atoms with Crippen LogP contribution in [0.5, 0.6) is 0 Å². The number of thiazole rings is 1. The van der Waals surface area contributed by atoms with Gasteiger partial charge in [0, 0.05) is 11.5 Å².